The van der Waals surface area contributed by atoms with Crippen molar-refractivity contribution in [1.82, 2.24) is 14.7 Å². The van der Waals surface area contributed by atoms with E-state index >= 15 is 0 Å². The fourth-order valence-corrected chi connectivity index (χ4v) is 4.43. The SMILES string of the molecule is CC(C)(C)n1cc2c(n1)C(=O)CC1(CCN(C(=O)c3ccc4c(c3)C=NC4)CC1)O2. The molecule has 156 valence electrons. The second kappa shape index (κ2) is 6.52. The van der Waals surface area contributed by atoms with Gasteiger partial charge in [0.15, 0.2) is 17.2 Å². The number of hydrogen-bond donors (Lipinski definition) is 0. The van der Waals surface area contributed by atoms with Crippen LogP contribution in [-0.4, -0.2) is 51.3 Å². The smallest absolute Gasteiger partial charge is 0.253 e. The summed E-state index contributed by atoms with van der Waals surface area (Å²) >= 11 is 0. The van der Waals surface area contributed by atoms with Gasteiger partial charge in [-0.15, -0.1) is 0 Å². The number of benzene rings is 1. The van der Waals surface area contributed by atoms with Gasteiger partial charge in [0, 0.05) is 37.7 Å². The summed E-state index contributed by atoms with van der Waals surface area (Å²) in [6, 6.07) is 5.79. The summed E-state index contributed by atoms with van der Waals surface area (Å²) in [7, 11) is 0. The molecule has 1 aromatic carbocycles. The number of aliphatic imine (C=N–C) groups is 1. The van der Waals surface area contributed by atoms with Crippen LogP contribution < -0.4 is 4.74 Å². The van der Waals surface area contributed by atoms with Gasteiger partial charge in [0.2, 0.25) is 0 Å². The normalized spacial score (nSPS) is 19.6. The van der Waals surface area contributed by atoms with Crippen LogP contribution in [0.4, 0.5) is 0 Å². The topological polar surface area (TPSA) is 76.8 Å². The molecule has 4 heterocycles. The van der Waals surface area contributed by atoms with Crippen LogP contribution in [0.2, 0.25) is 0 Å². The molecule has 7 nitrogen and oxygen atoms in total. The number of rotatable bonds is 1. The van der Waals surface area contributed by atoms with Crippen LogP contribution in [0.5, 0.6) is 5.75 Å². The lowest BCUT2D eigenvalue weighted by Crippen LogP contribution is -2.52. The molecule has 3 aliphatic heterocycles. The third kappa shape index (κ3) is 3.13. The first-order valence-electron chi connectivity index (χ1n) is 10.5. The number of nitrogens with zero attached hydrogens (tertiary/aromatic N) is 4. The minimum Gasteiger partial charge on any atom is -0.483 e. The van der Waals surface area contributed by atoms with E-state index in [-0.39, 0.29) is 17.2 Å². The van der Waals surface area contributed by atoms with Gasteiger partial charge in [0.1, 0.15) is 5.60 Å². The Bertz CT molecular complexity index is 1070. The van der Waals surface area contributed by atoms with Crippen molar-refractivity contribution < 1.29 is 14.3 Å². The molecule has 3 aliphatic rings. The number of ether oxygens (including phenoxy) is 1. The molecule has 30 heavy (non-hydrogen) atoms. The second-order valence-corrected chi connectivity index (χ2v) is 9.52. The zero-order valence-corrected chi connectivity index (χ0v) is 17.6. The number of hydrogen-bond acceptors (Lipinski definition) is 5. The highest BCUT2D eigenvalue weighted by molar-refractivity contribution is 5.99. The highest BCUT2D eigenvalue weighted by Crippen LogP contribution is 2.39. The average Bonchev–Trinajstić information content (AvgIpc) is 3.34. The molecule has 1 fully saturated rings. The van der Waals surface area contributed by atoms with E-state index in [1.165, 1.54) is 0 Å². The summed E-state index contributed by atoms with van der Waals surface area (Å²) in [4.78, 5) is 31.9. The van der Waals surface area contributed by atoms with E-state index in [0.717, 1.165) is 11.1 Å². The second-order valence-electron chi connectivity index (χ2n) is 9.52. The largest absolute Gasteiger partial charge is 0.483 e. The predicted octanol–water partition coefficient (Wildman–Crippen LogP) is 3.21. The van der Waals surface area contributed by atoms with Crippen molar-refractivity contribution in [3.8, 4) is 5.75 Å². The summed E-state index contributed by atoms with van der Waals surface area (Å²) in [5.41, 5.74) is 2.53. The van der Waals surface area contributed by atoms with Crippen molar-refractivity contribution >= 4 is 17.9 Å². The third-order valence-corrected chi connectivity index (χ3v) is 6.29. The maximum Gasteiger partial charge on any atom is 0.253 e. The molecule has 1 spiro atoms. The quantitative estimate of drug-likeness (QED) is 0.729. The predicted molar refractivity (Wildman–Crippen MR) is 112 cm³/mol. The van der Waals surface area contributed by atoms with Crippen LogP contribution in [-0.2, 0) is 12.1 Å². The van der Waals surface area contributed by atoms with Crippen molar-refractivity contribution in [3.63, 3.8) is 0 Å². The Hall–Kier alpha value is -2.96. The molecule has 0 bridgehead atoms. The van der Waals surface area contributed by atoms with Crippen molar-refractivity contribution in [2.24, 2.45) is 4.99 Å². The van der Waals surface area contributed by atoms with Crippen molar-refractivity contribution in [3.05, 3.63) is 46.8 Å². The minimum atomic E-state index is -0.544. The fraction of sp³-hybridized carbons (Fsp3) is 0.478. The van der Waals surface area contributed by atoms with E-state index in [1.54, 1.807) is 4.68 Å². The molecule has 0 unspecified atom stereocenters. The van der Waals surface area contributed by atoms with Gasteiger partial charge >= 0.3 is 0 Å². The lowest BCUT2D eigenvalue weighted by atomic mass is 9.83. The van der Waals surface area contributed by atoms with Gasteiger partial charge in [0.25, 0.3) is 5.91 Å². The van der Waals surface area contributed by atoms with Crippen LogP contribution >= 0.6 is 0 Å². The summed E-state index contributed by atoms with van der Waals surface area (Å²) in [6.07, 6.45) is 5.25. The van der Waals surface area contributed by atoms with Crippen LogP contribution in [0.15, 0.2) is 29.4 Å². The standard InChI is InChI=1S/C23H26N4O3/c1-22(2,3)27-14-19-20(25-27)18(28)11-23(30-19)6-8-26(9-7-23)21(29)15-4-5-16-12-24-13-17(16)10-15/h4-5,10,13-14H,6-9,11-12H2,1-3H3. The van der Waals surface area contributed by atoms with Gasteiger partial charge < -0.3 is 9.64 Å². The maximum absolute atomic E-state index is 13.0. The van der Waals surface area contributed by atoms with E-state index in [9.17, 15) is 9.59 Å². The van der Waals surface area contributed by atoms with E-state index in [1.807, 2.05) is 56.3 Å². The first kappa shape index (κ1) is 19.0. The molecule has 1 amide bonds. The van der Waals surface area contributed by atoms with Crippen molar-refractivity contribution in [1.29, 1.82) is 0 Å². The summed E-state index contributed by atoms with van der Waals surface area (Å²) in [5.74, 6) is 0.618. The summed E-state index contributed by atoms with van der Waals surface area (Å²) < 4.78 is 8.14. The van der Waals surface area contributed by atoms with Gasteiger partial charge in [0.05, 0.1) is 24.7 Å². The molecule has 2 aromatic rings. The molecule has 1 saturated heterocycles. The Balaban J connectivity index is 1.31. The number of carbonyl (C=O) groups excluding carboxylic acids is 2. The van der Waals surface area contributed by atoms with Gasteiger partial charge in [-0.1, -0.05) is 6.07 Å². The number of Topliss-reactive ketones (excluding diaryl/α,β-unsaturated/α-hetero) is 1. The maximum atomic E-state index is 13.0. The molecule has 0 N–H and O–H groups in total. The highest BCUT2D eigenvalue weighted by Gasteiger charge is 2.45. The Kier molecular flexibility index (Phi) is 4.14. The number of amides is 1. The van der Waals surface area contributed by atoms with Crippen LogP contribution in [0, 0.1) is 0 Å². The Labute approximate surface area is 175 Å². The molecule has 5 rings (SSSR count). The van der Waals surface area contributed by atoms with E-state index in [2.05, 4.69) is 10.1 Å². The monoisotopic (exact) mass is 406 g/mol. The summed E-state index contributed by atoms with van der Waals surface area (Å²) in [5, 5.41) is 4.46. The Morgan fingerprint density at radius 3 is 2.70 bits per heavy atom. The number of fused-ring (bicyclic) bond motifs is 2. The molecule has 7 heteroatoms. The minimum absolute atomic E-state index is 0.0244. The number of piperidine rings is 1. The molecule has 0 saturated carbocycles. The van der Waals surface area contributed by atoms with Crippen LogP contribution in [0.3, 0.4) is 0 Å². The fourth-order valence-electron chi connectivity index (χ4n) is 4.43. The average molecular weight is 406 g/mol. The number of ketones is 1. The van der Waals surface area contributed by atoms with Crippen molar-refractivity contribution in [2.45, 2.75) is 57.7 Å². The third-order valence-electron chi connectivity index (χ3n) is 6.29. The zero-order valence-electron chi connectivity index (χ0n) is 17.6. The summed E-state index contributed by atoms with van der Waals surface area (Å²) in [6.45, 7) is 7.96. The van der Waals surface area contributed by atoms with Crippen LogP contribution in [0.1, 0.15) is 72.0 Å². The first-order valence-corrected chi connectivity index (χ1v) is 10.5. The molecular weight excluding hydrogens is 380 g/mol. The Morgan fingerprint density at radius 1 is 1.20 bits per heavy atom. The highest BCUT2D eigenvalue weighted by atomic mass is 16.5. The van der Waals surface area contributed by atoms with Crippen LogP contribution in [0.25, 0.3) is 0 Å². The molecule has 1 aromatic heterocycles. The van der Waals surface area contributed by atoms with E-state index < -0.39 is 5.60 Å². The van der Waals surface area contributed by atoms with E-state index in [0.29, 0.717) is 55.9 Å². The number of aromatic nitrogens is 2. The number of carbonyl (C=O) groups is 2. The molecule has 0 atom stereocenters. The lowest BCUT2D eigenvalue weighted by molar-refractivity contribution is -0.00586. The van der Waals surface area contributed by atoms with E-state index in [4.69, 9.17) is 4.74 Å². The molecule has 0 radical (unpaired) electrons. The van der Waals surface area contributed by atoms with Gasteiger partial charge in [-0.05, 0) is 44.0 Å². The molecular formula is C23H26N4O3. The van der Waals surface area contributed by atoms with Crippen molar-refractivity contribution in [2.75, 3.05) is 13.1 Å². The first-order chi connectivity index (χ1) is 14.2. The van der Waals surface area contributed by atoms with Gasteiger partial charge in [-0.25, -0.2) is 0 Å². The Morgan fingerprint density at radius 2 is 1.97 bits per heavy atom. The molecule has 0 aliphatic carbocycles. The lowest BCUT2D eigenvalue weighted by Gasteiger charge is -2.43. The zero-order chi connectivity index (χ0) is 21.1. The van der Waals surface area contributed by atoms with Gasteiger partial charge in [-0.3, -0.25) is 19.3 Å². The number of likely N-dealkylation sites (tertiary alicyclic amines) is 1. The van der Waals surface area contributed by atoms with Gasteiger partial charge in [-0.2, -0.15) is 5.10 Å².